The van der Waals surface area contributed by atoms with Crippen LogP contribution in [0.15, 0.2) is 40.8 Å². The van der Waals surface area contributed by atoms with E-state index in [9.17, 15) is 4.79 Å². The first-order valence-corrected chi connectivity index (χ1v) is 8.21. The van der Waals surface area contributed by atoms with Crippen molar-refractivity contribution in [1.82, 2.24) is 14.7 Å². The Morgan fingerprint density at radius 3 is 2.67 bits per heavy atom. The highest BCUT2D eigenvalue weighted by atomic mass is 16.3. The van der Waals surface area contributed by atoms with Crippen LogP contribution in [0.4, 0.5) is 0 Å². The average Bonchev–Trinajstić information content (AvgIpc) is 3.08. The number of nitrogens with zero attached hydrogens (tertiary/aromatic N) is 3. The van der Waals surface area contributed by atoms with Gasteiger partial charge in [0.05, 0.1) is 6.54 Å². The largest absolute Gasteiger partial charge is 0.459 e. The molecule has 3 rings (SSSR count). The minimum absolute atomic E-state index is 0.0622. The molecule has 3 aromatic rings. The van der Waals surface area contributed by atoms with Gasteiger partial charge in [-0.15, -0.1) is 0 Å². The molecular formula is C19H23N3O2. The van der Waals surface area contributed by atoms with E-state index in [1.54, 1.807) is 4.68 Å². The summed E-state index contributed by atoms with van der Waals surface area (Å²) < 4.78 is 7.60. The Balaban J connectivity index is 1.86. The minimum atomic E-state index is -0.0622. The third-order valence-electron chi connectivity index (χ3n) is 4.03. The number of rotatable bonds is 5. The van der Waals surface area contributed by atoms with Crippen LogP contribution in [0.3, 0.4) is 0 Å². The molecule has 0 aliphatic heterocycles. The number of aromatic nitrogens is 2. The lowest BCUT2D eigenvalue weighted by atomic mass is 10.2. The third kappa shape index (κ3) is 3.35. The molecule has 5 heteroatoms. The molecule has 1 amide bonds. The zero-order valence-electron chi connectivity index (χ0n) is 14.6. The number of hydrogen-bond acceptors (Lipinski definition) is 3. The van der Waals surface area contributed by atoms with Crippen LogP contribution >= 0.6 is 0 Å². The van der Waals surface area contributed by atoms with Gasteiger partial charge < -0.3 is 9.32 Å². The van der Waals surface area contributed by atoms with E-state index in [0.29, 0.717) is 24.7 Å². The number of aryl methyl sites for hydroxylation is 2. The first-order valence-electron chi connectivity index (χ1n) is 8.21. The van der Waals surface area contributed by atoms with Crippen molar-refractivity contribution in [2.75, 3.05) is 6.54 Å². The lowest BCUT2D eigenvalue weighted by Crippen LogP contribution is -2.34. The molecule has 0 aliphatic rings. The third-order valence-corrected chi connectivity index (χ3v) is 4.03. The van der Waals surface area contributed by atoms with Crippen LogP contribution in [0.5, 0.6) is 0 Å². The van der Waals surface area contributed by atoms with Crippen molar-refractivity contribution >= 4 is 16.9 Å². The predicted molar refractivity (Wildman–Crippen MR) is 93.7 cm³/mol. The lowest BCUT2D eigenvalue weighted by Gasteiger charge is -2.22. The minimum Gasteiger partial charge on any atom is -0.459 e. The SMILES string of the molecule is Cc1cc(C(=O)N(Cc2cc3ccccc3o2)CC(C)C)nn1C. The number of carbonyl (C=O) groups excluding carboxylic acids is 1. The summed E-state index contributed by atoms with van der Waals surface area (Å²) in [5.74, 6) is 1.09. The van der Waals surface area contributed by atoms with Crippen LogP contribution < -0.4 is 0 Å². The standard InChI is InChI=1S/C19H23N3O2/c1-13(2)11-22(19(23)17-9-14(3)21(4)20-17)12-16-10-15-7-5-6-8-18(15)24-16/h5-10,13H,11-12H2,1-4H3. The van der Waals surface area contributed by atoms with Gasteiger partial charge in [-0.3, -0.25) is 9.48 Å². The van der Waals surface area contributed by atoms with Crippen molar-refractivity contribution in [1.29, 1.82) is 0 Å². The molecular weight excluding hydrogens is 302 g/mol. The van der Waals surface area contributed by atoms with Gasteiger partial charge in [0.1, 0.15) is 11.3 Å². The molecule has 0 fully saturated rings. The topological polar surface area (TPSA) is 51.3 Å². The number of furan rings is 1. The number of amides is 1. The summed E-state index contributed by atoms with van der Waals surface area (Å²) in [6, 6.07) is 11.7. The zero-order valence-corrected chi connectivity index (χ0v) is 14.6. The molecule has 0 saturated carbocycles. The molecule has 0 N–H and O–H groups in total. The second kappa shape index (κ2) is 6.51. The highest BCUT2D eigenvalue weighted by Gasteiger charge is 2.21. The molecule has 5 nitrogen and oxygen atoms in total. The molecule has 0 bridgehead atoms. The first kappa shape index (κ1) is 16.3. The summed E-state index contributed by atoms with van der Waals surface area (Å²) in [7, 11) is 1.85. The van der Waals surface area contributed by atoms with Crippen LogP contribution in [0.25, 0.3) is 11.0 Å². The fourth-order valence-corrected chi connectivity index (χ4v) is 2.79. The summed E-state index contributed by atoms with van der Waals surface area (Å²) in [4.78, 5) is 14.7. The molecule has 1 aromatic carbocycles. The quantitative estimate of drug-likeness (QED) is 0.717. The van der Waals surface area contributed by atoms with Gasteiger partial charge in [-0.25, -0.2) is 0 Å². The Morgan fingerprint density at radius 2 is 2.04 bits per heavy atom. The number of hydrogen-bond donors (Lipinski definition) is 0. The fourth-order valence-electron chi connectivity index (χ4n) is 2.79. The molecule has 2 heterocycles. The molecule has 0 unspecified atom stereocenters. The van der Waals surface area contributed by atoms with Gasteiger partial charge in [0, 0.05) is 24.7 Å². The maximum Gasteiger partial charge on any atom is 0.274 e. The van der Waals surface area contributed by atoms with Crippen LogP contribution in [0.2, 0.25) is 0 Å². The van der Waals surface area contributed by atoms with Crippen LogP contribution in [-0.4, -0.2) is 27.1 Å². The van der Waals surface area contributed by atoms with E-state index >= 15 is 0 Å². The Bertz CT molecular complexity index is 808. The highest BCUT2D eigenvalue weighted by molar-refractivity contribution is 5.92. The number of benzene rings is 1. The van der Waals surface area contributed by atoms with Gasteiger partial charge in [-0.05, 0) is 31.0 Å². The van der Waals surface area contributed by atoms with E-state index in [1.807, 2.05) is 55.3 Å². The zero-order chi connectivity index (χ0) is 17.3. The fraction of sp³-hybridized carbons (Fsp3) is 0.368. The molecule has 126 valence electrons. The van der Waals surface area contributed by atoms with Gasteiger partial charge >= 0.3 is 0 Å². The monoisotopic (exact) mass is 325 g/mol. The van der Waals surface area contributed by atoms with Gasteiger partial charge in [-0.2, -0.15) is 5.10 Å². The van der Waals surface area contributed by atoms with Gasteiger partial charge in [0.25, 0.3) is 5.91 Å². The summed E-state index contributed by atoms with van der Waals surface area (Å²) in [6.45, 7) is 7.24. The molecule has 0 saturated heterocycles. The Labute approximate surface area is 141 Å². The van der Waals surface area contributed by atoms with Gasteiger partial charge in [-0.1, -0.05) is 32.0 Å². The molecule has 0 atom stereocenters. The second-order valence-electron chi connectivity index (χ2n) is 6.62. The summed E-state index contributed by atoms with van der Waals surface area (Å²) in [5, 5.41) is 5.37. The Morgan fingerprint density at radius 1 is 1.29 bits per heavy atom. The van der Waals surface area contributed by atoms with E-state index in [2.05, 4.69) is 18.9 Å². The van der Waals surface area contributed by atoms with Crippen molar-refractivity contribution in [2.45, 2.75) is 27.3 Å². The van der Waals surface area contributed by atoms with Crippen molar-refractivity contribution < 1.29 is 9.21 Å². The van der Waals surface area contributed by atoms with E-state index in [0.717, 1.165) is 22.4 Å². The highest BCUT2D eigenvalue weighted by Crippen LogP contribution is 2.21. The lowest BCUT2D eigenvalue weighted by molar-refractivity contribution is 0.0704. The first-order chi connectivity index (χ1) is 11.4. The second-order valence-corrected chi connectivity index (χ2v) is 6.62. The smallest absolute Gasteiger partial charge is 0.274 e. The normalized spacial score (nSPS) is 11.4. The maximum atomic E-state index is 12.9. The van der Waals surface area contributed by atoms with Crippen LogP contribution in [0.1, 0.15) is 35.8 Å². The van der Waals surface area contributed by atoms with E-state index in [4.69, 9.17) is 4.42 Å². The molecule has 0 spiro atoms. The van der Waals surface area contributed by atoms with E-state index < -0.39 is 0 Å². The van der Waals surface area contributed by atoms with Gasteiger partial charge in [0.2, 0.25) is 0 Å². The van der Waals surface area contributed by atoms with Crippen molar-refractivity contribution in [2.24, 2.45) is 13.0 Å². The number of fused-ring (bicyclic) bond motifs is 1. The average molecular weight is 325 g/mol. The molecule has 24 heavy (non-hydrogen) atoms. The number of carbonyl (C=O) groups is 1. The number of para-hydroxylation sites is 1. The van der Waals surface area contributed by atoms with Crippen molar-refractivity contribution in [3.05, 3.63) is 53.5 Å². The summed E-state index contributed by atoms with van der Waals surface area (Å²) in [6.07, 6.45) is 0. The van der Waals surface area contributed by atoms with Crippen molar-refractivity contribution in [3.8, 4) is 0 Å². The summed E-state index contributed by atoms with van der Waals surface area (Å²) >= 11 is 0. The van der Waals surface area contributed by atoms with E-state index in [1.165, 1.54) is 0 Å². The molecule has 0 aliphatic carbocycles. The molecule has 2 aromatic heterocycles. The van der Waals surface area contributed by atoms with Gasteiger partial charge in [0.15, 0.2) is 5.69 Å². The Kier molecular flexibility index (Phi) is 4.42. The molecule has 0 radical (unpaired) electrons. The van der Waals surface area contributed by atoms with Crippen LogP contribution in [-0.2, 0) is 13.6 Å². The Hall–Kier alpha value is -2.56. The van der Waals surface area contributed by atoms with Crippen LogP contribution in [0, 0.1) is 12.8 Å². The summed E-state index contributed by atoms with van der Waals surface area (Å²) in [5.41, 5.74) is 2.29. The van der Waals surface area contributed by atoms with E-state index in [-0.39, 0.29) is 5.91 Å². The maximum absolute atomic E-state index is 12.9. The predicted octanol–water partition coefficient (Wildman–Crippen LogP) is 3.77. The van der Waals surface area contributed by atoms with Crippen molar-refractivity contribution in [3.63, 3.8) is 0 Å².